The summed E-state index contributed by atoms with van der Waals surface area (Å²) in [6, 6.07) is 0.270. The summed E-state index contributed by atoms with van der Waals surface area (Å²) >= 11 is 2.18. The maximum absolute atomic E-state index is 5.78. The van der Waals surface area contributed by atoms with Gasteiger partial charge in [0.05, 0.1) is 0 Å². The molecule has 0 aromatic carbocycles. The third-order valence-corrected chi connectivity index (χ3v) is 2.50. The van der Waals surface area contributed by atoms with Crippen molar-refractivity contribution in [3.63, 3.8) is 0 Å². The highest BCUT2D eigenvalue weighted by atomic mass is 127. The van der Waals surface area contributed by atoms with E-state index >= 15 is 0 Å². The molecule has 0 aliphatic carbocycles. The standard InChI is InChI=1S/C9H15IN4/c1-2-8(11)3-4-12-9-13-5-7(10)6-14-9/h5-6,8H,2-4,11H2,1H3,(H,12,13,14). The molecule has 1 rings (SSSR count). The molecular formula is C9H15IN4. The normalized spacial score (nSPS) is 12.5. The van der Waals surface area contributed by atoms with Gasteiger partial charge in [0.15, 0.2) is 0 Å². The fourth-order valence-corrected chi connectivity index (χ4v) is 1.26. The maximum atomic E-state index is 5.78. The molecule has 0 aliphatic heterocycles. The number of hydrogen-bond acceptors (Lipinski definition) is 4. The van der Waals surface area contributed by atoms with E-state index in [0.29, 0.717) is 5.95 Å². The van der Waals surface area contributed by atoms with E-state index in [2.05, 4.69) is 44.8 Å². The minimum atomic E-state index is 0.270. The summed E-state index contributed by atoms with van der Waals surface area (Å²) < 4.78 is 1.04. The van der Waals surface area contributed by atoms with Gasteiger partial charge in [-0.15, -0.1) is 0 Å². The van der Waals surface area contributed by atoms with Gasteiger partial charge in [-0.05, 0) is 35.4 Å². The number of nitrogens with zero attached hydrogens (tertiary/aromatic N) is 2. The molecule has 1 aromatic heterocycles. The molecule has 0 saturated heterocycles. The van der Waals surface area contributed by atoms with Crippen LogP contribution in [0.2, 0.25) is 0 Å². The van der Waals surface area contributed by atoms with Gasteiger partial charge < -0.3 is 11.1 Å². The summed E-state index contributed by atoms with van der Waals surface area (Å²) in [7, 11) is 0. The van der Waals surface area contributed by atoms with E-state index in [9.17, 15) is 0 Å². The van der Waals surface area contributed by atoms with Crippen LogP contribution in [0.1, 0.15) is 19.8 Å². The first kappa shape index (κ1) is 11.6. The lowest BCUT2D eigenvalue weighted by Gasteiger charge is -2.08. The van der Waals surface area contributed by atoms with Crippen molar-refractivity contribution >= 4 is 28.5 Å². The van der Waals surface area contributed by atoms with Crippen LogP contribution >= 0.6 is 22.6 Å². The van der Waals surface area contributed by atoms with Crippen molar-refractivity contribution < 1.29 is 0 Å². The van der Waals surface area contributed by atoms with Crippen LogP contribution in [0.15, 0.2) is 12.4 Å². The molecule has 0 bridgehead atoms. The van der Waals surface area contributed by atoms with Gasteiger partial charge >= 0.3 is 0 Å². The molecule has 78 valence electrons. The number of rotatable bonds is 5. The van der Waals surface area contributed by atoms with Crippen LogP contribution in [-0.4, -0.2) is 22.6 Å². The zero-order valence-corrected chi connectivity index (χ0v) is 10.4. The molecule has 0 amide bonds. The Hall–Kier alpha value is -0.430. The van der Waals surface area contributed by atoms with Crippen LogP contribution in [0.4, 0.5) is 5.95 Å². The van der Waals surface area contributed by atoms with Crippen LogP contribution in [-0.2, 0) is 0 Å². The maximum Gasteiger partial charge on any atom is 0.222 e. The highest BCUT2D eigenvalue weighted by Crippen LogP contribution is 2.03. The van der Waals surface area contributed by atoms with Crippen LogP contribution in [0.3, 0.4) is 0 Å². The van der Waals surface area contributed by atoms with Gasteiger partial charge in [-0.3, -0.25) is 0 Å². The van der Waals surface area contributed by atoms with Crippen LogP contribution in [0, 0.1) is 3.57 Å². The molecular weight excluding hydrogens is 291 g/mol. The predicted molar refractivity (Wildman–Crippen MR) is 66.1 cm³/mol. The predicted octanol–water partition coefficient (Wildman–Crippen LogP) is 1.62. The number of halogens is 1. The monoisotopic (exact) mass is 306 g/mol. The molecule has 1 atom stereocenters. The zero-order chi connectivity index (χ0) is 10.4. The summed E-state index contributed by atoms with van der Waals surface area (Å²) in [5.74, 6) is 0.675. The fraction of sp³-hybridized carbons (Fsp3) is 0.556. The van der Waals surface area contributed by atoms with Gasteiger partial charge in [0, 0.05) is 28.6 Å². The molecule has 0 saturated carbocycles. The Morgan fingerprint density at radius 2 is 2.14 bits per heavy atom. The minimum absolute atomic E-state index is 0.270. The zero-order valence-electron chi connectivity index (χ0n) is 8.20. The fourth-order valence-electron chi connectivity index (χ4n) is 0.977. The third-order valence-electron chi connectivity index (χ3n) is 1.94. The van der Waals surface area contributed by atoms with Crippen LogP contribution in [0.5, 0.6) is 0 Å². The van der Waals surface area contributed by atoms with Crippen molar-refractivity contribution in [1.82, 2.24) is 9.97 Å². The first-order valence-electron chi connectivity index (χ1n) is 4.69. The molecule has 5 heteroatoms. The topological polar surface area (TPSA) is 63.8 Å². The quantitative estimate of drug-likeness (QED) is 0.812. The van der Waals surface area contributed by atoms with Crippen molar-refractivity contribution in [1.29, 1.82) is 0 Å². The second kappa shape index (κ2) is 6.13. The summed E-state index contributed by atoms with van der Waals surface area (Å²) in [6.45, 7) is 2.92. The Kier molecular flexibility index (Phi) is 5.10. The molecule has 0 fully saturated rings. The summed E-state index contributed by atoms with van der Waals surface area (Å²) in [6.07, 6.45) is 5.53. The molecule has 14 heavy (non-hydrogen) atoms. The van der Waals surface area contributed by atoms with Gasteiger partial charge in [0.25, 0.3) is 0 Å². The number of anilines is 1. The summed E-state index contributed by atoms with van der Waals surface area (Å²) in [4.78, 5) is 8.26. The van der Waals surface area contributed by atoms with Gasteiger partial charge in [-0.2, -0.15) is 0 Å². The van der Waals surface area contributed by atoms with Gasteiger partial charge in [-0.25, -0.2) is 9.97 Å². The smallest absolute Gasteiger partial charge is 0.222 e. The number of nitrogens with two attached hydrogens (primary N) is 1. The lowest BCUT2D eigenvalue weighted by atomic mass is 10.2. The summed E-state index contributed by atoms with van der Waals surface area (Å²) in [5, 5.41) is 3.13. The van der Waals surface area contributed by atoms with Gasteiger partial charge in [0.1, 0.15) is 0 Å². The first-order valence-corrected chi connectivity index (χ1v) is 5.77. The molecule has 0 radical (unpaired) electrons. The minimum Gasteiger partial charge on any atom is -0.354 e. The molecule has 0 spiro atoms. The molecule has 3 N–H and O–H groups in total. The molecule has 1 unspecified atom stereocenters. The van der Waals surface area contributed by atoms with E-state index in [0.717, 1.165) is 23.0 Å². The Morgan fingerprint density at radius 1 is 1.50 bits per heavy atom. The van der Waals surface area contributed by atoms with E-state index in [1.54, 1.807) is 12.4 Å². The third kappa shape index (κ3) is 4.19. The largest absolute Gasteiger partial charge is 0.354 e. The Morgan fingerprint density at radius 3 is 2.71 bits per heavy atom. The van der Waals surface area contributed by atoms with Crippen molar-refractivity contribution in [3.8, 4) is 0 Å². The van der Waals surface area contributed by atoms with Crippen molar-refractivity contribution in [2.45, 2.75) is 25.8 Å². The van der Waals surface area contributed by atoms with Gasteiger partial charge in [-0.1, -0.05) is 6.92 Å². The van der Waals surface area contributed by atoms with E-state index in [1.807, 2.05) is 0 Å². The second-order valence-corrected chi connectivity index (χ2v) is 4.35. The Bertz CT molecular complexity index is 262. The van der Waals surface area contributed by atoms with E-state index in [1.165, 1.54) is 0 Å². The van der Waals surface area contributed by atoms with Crippen molar-refractivity contribution in [2.24, 2.45) is 5.73 Å². The Balaban J connectivity index is 2.28. The summed E-state index contributed by atoms with van der Waals surface area (Å²) in [5.41, 5.74) is 5.78. The molecule has 0 aliphatic rings. The van der Waals surface area contributed by atoms with E-state index in [4.69, 9.17) is 5.73 Å². The lowest BCUT2D eigenvalue weighted by molar-refractivity contribution is 0.612. The molecule has 4 nitrogen and oxygen atoms in total. The average molecular weight is 306 g/mol. The highest BCUT2D eigenvalue weighted by molar-refractivity contribution is 14.1. The van der Waals surface area contributed by atoms with E-state index in [-0.39, 0.29) is 6.04 Å². The second-order valence-electron chi connectivity index (χ2n) is 3.11. The average Bonchev–Trinajstić information content (AvgIpc) is 2.21. The van der Waals surface area contributed by atoms with E-state index < -0.39 is 0 Å². The number of aromatic nitrogens is 2. The highest BCUT2D eigenvalue weighted by Gasteiger charge is 1.99. The molecule has 1 aromatic rings. The SMILES string of the molecule is CCC(N)CCNc1ncc(I)cn1. The van der Waals surface area contributed by atoms with Crippen LogP contribution in [0.25, 0.3) is 0 Å². The number of hydrogen-bond donors (Lipinski definition) is 2. The van der Waals surface area contributed by atoms with Crippen LogP contribution < -0.4 is 11.1 Å². The number of nitrogens with one attached hydrogen (secondary N) is 1. The molecule has 1 heterocycles. The van der Waals surface area contributed by atoms with Gasteiger partial charge in [0.2, 0.25) is 5.95 Å². The Labute approximate surface area is 97.8 Å². The first-order chi connectivity index (χ1) is 6.72. The van der Waals surface area contributed by atoms with Crippen molar-refractivity contribution in [3.05, 3.63) is 16.0 Å². The lowest BCUT2D eigenvalue weighted by Crippen LogP contribution is -2.22. The van der Waals surface area contributed by atoms with Crippen molar-refractivity contribution in [2.75, 3.05) is 11.9 Å².